The lowest BCUT2D eigenvalue weighted by Gasteiger charge is -2.12. The van der Waals surface area contributed by atoms with Crippen molar-refractivity contribution >= 4 is 5.69 Å². The maximum absolute atomic E-state index is 13.1. The van der Waals surface area contributed by atoms with E-state index in [1.807, 2.05) is 30.3 Å². The summed E-state index contributed by atoms with van der Waals surface area (Å²) in [4.78, 5) is 0. The van der Waals surface area contributed by atoms with Gasteiger partial charge in [-0.05, 0) is 24.3 Å². The SMILES string of the molecule is N#CCOc1ccccc1CNc1ccc(F)cc1C#N. The van der Waals surface area contributed by atoms with E-state index in [-0.39, 0.29) is 12.2 Å². The Morgan fingerprint density at radius 2 is 1.95 bits per heavy atom. The van der Waals surface area contributed by atoms with Gasteiger partial charge in [-0.2, -0.15) is 10.5 Å². The van der Waals surface area contributed by atoms with E-state index in [2.05, 4.69) is 5.32 Å². The number of halogens is 1. The Kier molecular flexibility index (Phi) is 4.74. The third kappa shape index (κ3) is 3.71. The molecule has 21 heavy (non-hydrogen) atoms. The molecule has 0 amide bonds. The third-order valence-electron chi connectivity index (χ3n) is 2.84. The second kappa shape index (κ2) is 6.93. The number of nitrogens with one attached hydrogen (secondary N) is 1. The van der Waals surface area contributed by atoms with Crippen LogP contribution in [0.3, 0.4) is 0 Å². The summed E-state index contributed by atoms with van der Waals surface area (Å²) in [7, 11) is 0. The average molecular weight is 281 g/mol. The first-order chi connectivity index (χ1) is 10.2. The number of hydrogen-bond acceptors (Lipinski definition) is 4. The van der Waals surface area contributed by atoms with Crippen LogP contribution in [0.25, 0.3) is 0 Å². The number of nitriles is 2. The van der Waals surface area contributed by atoms with Crippen LogP contribution in [0.5, 0.6) is 5.75 Å². The molecule has 0 saturated heterocycles. The van der Waals surface area contributed by atoms with Gasteiger partial charge in [0.05, 0.1) is 11.3 Å². The van der Waals surface area contributed by atoms with Gasteiger partial charge in [0.2, 0.25) is 0 Å². The molecule has 5 heteroatoms. The number of nitrogens with zero attached hydrogens (tertiary/aromatic N) is 2. The molecule has 0 fully saturated rings. The van der Waals surface area contributed by atoms with Crippen LogP contribution in [0.15, 0.2) is 42.5 Å². The van der Waals surface area contributed by atoms with Gasteiger partial charge in [-0.25, -0.2) is 4.39 Å². The summed E-state index contributed by atoms with van der Waals surface area (Å²) in [6.07, 6.45) is 0. The number of rotatable bonds is 5. The van der Waals surface area contributed by atoms with E-state index in [0.717, 1.165) is 5.56 Å². The predicted octanol–water partition coefficient (Wildman–Crippen LogP) is 3.21. The van der Waals surface area contributed by atoms with Crippen LogP contribution in [-0.2, 0) is 6.54 Å². The fraction of sp³-hybridized carbons (Fsp3) is 0.125. The van der Waals surface area contributed by atoms with Crippen molar-refractivity contribution in [1.82, 2.24) is 0 Å². The molecular formula is C16H12FN3O. The second-order valence-corrected chi connectivity index (χ2v) is 4.21. The fourth-order valence-corrected chi connectivity index (χ4v) is 1.85. The summed E-state index contributed by atoms with van der Waals surface area (Å²) >= 11 is 0. The smallest absolute Gasteiger partial charge is 0.174 e. The largest absolute Gasteiger partial charge is 0.478 e. The van der Waals surface area contributed by atoms with Crippen molar-refractivity contribution in [2.75, 3.05) is 11.9 Å². The van der Waals surface area contributed by atoms with Crippen molar-refractivity contribution in [3.05, 3.63) is 59.4 Å². The molecule has 0 radical (unpaired) electrons. The van der Waals surface area contributed by atoms with Crippen LogP contribution >= 0.6 is 0 Å². The monoisotopic (exact) mass is 281 g/mol. The molecule has 4 nitrogen and oxygen atoms in total. The lowest BCUT2D eigenvalue weighted by Crippen LogP contribution is -2.04. The maximum atomic E-state index is 13.1. The zero-order valence-corrected chi connectivity index (χ0v) is 11.1. The van der Waals surface area contributed by atoms with Gasteiger partial charge in [0.15, 0.2) is 6.61 Å². The molecule has 0 aliphatic carbocycles. The molecule has 0 aromatic heterocycles. The van der Waals surface area contributed by atoms with E-state index in [1.54, 1.807) is 6.07 Å². The van der Waals surface area contributed by atoms with Gasteiger partial charge in [-0.1, -0.05) is 18.2 Å². The summed E-state index contributed by atoms with van der Waals surface area (Å²) in [5.74, 6) is 0.155. The molecule has 1 N–H and O–H groups in total. The zero-order chi connectivity index (χ0) is 15.1. The Morgan fingerprint density at radius 3 is 2.71 bits per heavy atom. The number of benzene rings is 2. The molecule has 0 spiro atoms. The normalized spacial score (nSPS) is 9.48. The van der Waals surface area contributed by atoms with Crippen LogP contribution < -0.4 is 10.1 Å². The minimum Gasteiger partial charge on any atom is -0.478 e. The van der Waals surface area contributed by atoms with Gasteiger partial charge in [0, 0.05) is 12.1 Å². The highest BCUT2D eigenvalue weighted by molar-refractivity contribution is 5.57. The average Bonchev–Trinajstić information content (AvgIpc) is 2.52. The predicted molar refractivity (Wildman–Crippen MR) is 76.0 cm³/mol. The van der Waals surface area contributed by atoms with Gasteiger partial charge < -0.3 is 10.1 Å². The van der Waals surface area contributed by atoms with Crippen LogP contribution in [0.1, 0.15) is 11.1 Å². The number of anilines is 1. The third-order valence-corrected chi connectivity index (χ3v) is 2.84. The van der Waals surface area contributed by atoms with E-state index in [9.17, 15) is 4.39 Å². The number of hydrogen-bond donors (Lipinski definition) is 1. The van der Waals surface area contributed by atoms with E-state index in [4.69, 9.17) is 15.3 Å². The molecule has 0 unspecified atom stereocenters. The van der Waals surface area contributed by atoms with Crippen LogP contribution in [-0.4, -0.2) is 6.61 Å². The van der Waals surface area contributed by atoms with E-state index < -0.39 is 5.82 Å². The quantitative estimate of drug-likeness (QED) is 0.913. The molecule has 104 valence electrons. The first kappa shape index (κ1) is 14.4. The zero-order valence-electron chi connectivity index (χ0n) is 11.1. The molecule has 2 rings (SSSR count). The molecule has 2 aromatic carbocycles. The Labute approximate surface area is 122 Å². The summed E-state index contributed by atoms with van der Waals surface area (Å²) in [6, 6.07) is 15.1. The maximum Gasteiger partial charge on any atom is 0.174 e. The van der Waals surface area contributed by atoms with Crippen LogP contribution in [0.2, 0.25) is 0 Å². The van der Waals surface area contributed by atoms with E-state index in [1.165, 1.54) is 18.2 Å². The molecule has 0 aliphatic heterocycles. The highest BCUT2D eigenvalue weighted by Crippen LogP contribution is 2.21. The highest BCUT2D eigenvalue weighted by atomic mass is 19.1. The Hall–Kier alpha value is -3.05. The standard InChI is InChI=1S/C16H12FN3O/c17-14-5-6-15(13(9-14)10-19)20-11-12-3-1-2-4-16(12)21-8-7-18/h1-6,9,20H,8,11H2. The van der Waals surface area contributed by atoms with E-state index >= 15 is 0 Å². The summed E-state index contributed by atoms with van der Waals surface area (Å²) in [6.45, 7) is 0.374. The number of ether oxygens (including phenoxy) is 1. The van der Waals surface area contributed by atoms with Crippen LogP contribution in [0, 0.1) is 28.5 Å². The van der Waals surface area contributed by atoms with Gasteiger partial charge in [0.1, 0.15) is 23.7 Å². The summed E-state index contributed by atoms with van der Waals surface area (Å²) in [5, 5.41) is 20.6. The Balaban J connectivity index is 2.14. The van der Waals surface area contributed by atoms with Gasteiger partial charge in [-0.3, -0.25) is 0 Å². The Morgan fingerprint density at radius 1 is 1.14 bits per heavy atom. The minimum absolute atomic E-state index is 0.0307. The molecule has 0 bridgehead atoms. The van der Waals surface area contributed by atoms with E-state index in [0.29, 0.717) is 18.0 Å². The number of para-hydroxylation sites is 1. The van der Waals surface area contributed by atoms with Crippen molar-refractivity contribution in [2.24, 2.45) is 0 Å². The van der Waals surface area contributed by atoms with Gasteiger partial charge in [-0.15, -0.1) is 0 Å². The van der Waals surface area contributed by atoms with Crippen molar-refractivity contribution in [1.29, 1.82) is 10.5 Å². The van der Waals surface area contributed by atoms with Crippen molar-refractivity contribution in [3.8, 4) is 17.9 Å². The first-order valence-electron chi connectivity index (χ1n) is 6.26. The molecule has 0 saturated carbocycles. The van der Waals surface area contributed by atoms with Gasteiger partial charge >= 0.3 is 0 Å². The van der Waals surface area contributed by atoms with Crippen molar-refractivity contribution < 1.29 is 9.13 Å². The summed E-state index contributed by atoms with van der Waals surface area (Å²) in [5.41, 5.74) is 1.64. The van der Waals surface area contributed by atoms with Crippen molar-refractivity contribution in [2.45, 2.75) is 6.54 Å². The summed E-state index contributed by atoms with van der Waals surface area (Å²) < 4.78 is 18.4. The lowest BCUT2D eigenvalue weighted by molar-refractivity contribution is 0.364. The molecular weight excluding hydrogens is 269 g/mol. The topological polar surface area (TPSA) is 68.8 Å². The highest BCUT2D eigenvalue weighted by Gasteiger charge is 2.06. The van der Waals surface area contributed by atoms with Crippen LogP contribution in [0.4, 0.5) is 10.1 Å². The van der Waals surface area contributed by atoms with Gasteiger partial charge in [0.25, 0.3) is 0 Å². The molecule has 0 aliphatic rings. The Bertz CT molecular complexity index is 716. The molecule has 0 atom stereocenters. The first-order valence-corrected chi connectivity index (χ1v) is 6.26. The minimum atomic E-state index is -0.449. The molecule has 2 aromatic rings. The molecule has 0 heterocycles. The van der Waals surface area contributed by atoms with Crippen molar-refractivity contribution in [3.63, 3.8) is 0 Å². The lowest BCUT2D eigenvalue weighted by atomic mass is 10.1. The second-order valence-electron chi connectivity index (χ2n) is 4.21. The fourth-order valence-electron chi connectivity index (χ4n) is 1.85.